The third kappa shape index (κ3) is 2.27. The van der Waals surface area contributed by atoms with Crippen molar-refractivity contribution in [2.75, 3.05) is 5.32 Å². The van der Waals surface area contributed by atoms with Crippen LogP contribution in [0.25, 0.3) is 10.3 Å². The molecule has 6 heteroatoms. The molecular weight excluding hydrogens is 270 g/mol. The van der Waals surface area contributed by atoms with Crippen molar-refractivity contribution in [1.82, 2.24) is 19.7 Å². The number of nitrogens with one attached hydrogen (secondary N) is 1. The van der Waals surface area contributed by atoms with Gasteiger partial charge in [0.25, 0.3) is 0 Å². The van der Waals surface area contributed by atoms with Crippen LogP contribution >= 0.6 is 11.3 Å². The second-order valence-electron chi connectivity index (χ2n) is 4.98. The highest BCUT2D eigenvalue weighted by Gasteiger charge is 2.14. The molecule has 0 saturated heterocycles. The Morgan fingerprint density at radius 1 is 1.30 bits per heavy atom. The molecule has 0 radical (unpaired) electrons. The molecule has 0 aromatic carbocycles. The van der Waals surface area contributed by atoms with Gasteiger partial charge >= 0.3 is 0 Å². The highest BCUT2D eigenvalue weighted by atomic mass is 32.1. The summed E-state index contributed by atoms with van der Waals surface area (Å²) in [5.74, 6) is 0. The third-order valence-electron chi connectivity index (χ3n) is 3.32. The van der Waals surface area contributed by atoms with Crippen molar-refractivity contribution in [1.29, 1.82) is 0 Å². The summed E-state index contributed by atoms with van der Waals surface area (Å²) in [4.78, 5) is 8.94. The number of pyridine rings is 1. The van der Waals surface area contributed by atoms with Crippen molar-refractivity contribution in [2.24, 2.45) is 7.05 Å². The highest BCUT2D eigenvalue weighted by molar-refractivity contribution is 7.22. The van der Waals surface area contributed by atoms with E-state index in [1.807, 2.05) is 37.8 Å². The molecule has 3 aromatic rings. The quantitative estimate of drug-likeness (QED) is 0.803. The molecule has 0 unspecified atom stereocenters. The Kier molecular flexibility index (Phi) is 3.17. The van der Waals surface area contributed by atoms with Gasteiger partial charge in [-0.15, -0.1) is 0 Å². The maximum Gasteiger partial charge on any atom is 0.185 e. The van der Waals surface area contributed by atoms with Crippen LogP contribution in [0.3, 0.4) is 0 Å². The van der Waals surface area contributed by atoms with E-state index >= 15 is 0 Å². The van der Waals surface area contributed by atoms with Gasteiger partial charge in [-0.05, 0) is 32.4 Å². The molecular formula is C14H17N5S. The smallest absolute Gasteiger partial charge is 0.185 e. The number of fused-ring (bicyclic) bond motifs is 1. The average Bonchev–Trinajstić information content (AvgIpc) is 2.93. The van der Waals surface area contributed by atoms with E-state index < -0.39 is 0 Å². The zero-order valence-electron chi connectivity index (χ0n) is 12.0. The third-order valence-corrected chi connectivity index (χ3v) is 4.40. The van der Waals surface area contributed by atoms with Gasteiger partial charge in [0.1, 0.15) is 0 Å². The largest absolute Gasteiger partial charge is 0.355 e. The summed E-state index contributed by atoms with van der Waals surface area (Å²) in [5, 5.41) is 8.72. The number of hydrogen-bond donors (Lipinski definition) is 1. The van der Waals surface area contributed by atoms with Gasteiger partial charge in [0.05, 0.1) is 16.4 Å². The van der Waals surface area contributed by atoms with Crippen molar-refractivity contribution in [3.8, 4) is 0 Å². The summed E-state index contributed by atoms with van der Waals surface area (Å²) < 4.78 is 2.97. The minimum absolute atomic E-state index is 0.178. The molecule has 0 aliphatic heterocycles. The monoisotopic (exact) mass is 287 g/mol. The molecule has 3 aromatic heterocycles. The fraction of sp³-hybridized carbons (Fsp3) is 0.357. The number of anilines is 1. The van der Waals surface area contributed by atoms with E-state index in [1.54, 1.807) is 11.3 Å². The lowest BCUT2D eigenvalue weighted by Crippen LogP contribution is -2.07. The van der Waals surface area contributed by atoms with Gasteiger partial charge in [0.15, 0.2) is 10.8 Å². The molecule has 1 N–H and O–H groups in total. The van der Waals surface area contributed by atoms with Crippen molar-refractivity contribution in [2.45, 2.75) is 26.8 Å². The number of hydrogen-bond acceptors (Lipinski definition) is 5. The Morgan fingerprint density at radius 3 is 2.75 bits per heavy atom. The summed E-state index contributed by atoms with van der Waals surface area (Å²) in [5.41, 5.74) is 4.15. The van der Waals surface area contributed by atoms with Gasteiger partial charge in [0.2, 0.25) is 0 Å². The van der Waals surface area contributed by atoms with E-state index in [4.69, 9.17) is 0 Å². The first-order valence-corrected chi connectivity index (χ1v) is 7.35. The van der Waals surface area contributed by atoms with E-state index in [0.29, 0.717) is 0 Å². The van der Waals surface area contributed by atoms with Gasteiger partial charge in [-0.2, -0.15) is 5.10 Å². The Labute approximate surface area is 121 Å². The minimum atomic E-state index is 0.178. The standard InChI is InChI=1S/C14H17N5S/c1-8-5-6-11(7-15-8)9(2)16-14-17-13-12(20-14)10(3)18-19(13)4/h5-7,9H,1-4H3,(H,16,17)/t9-/m0/s1. The van der Waals surface area contributed by atoms with Crippen molar-refractivity contribution < 1.29 is 0 Å². The van der Waals surface area contributed by atoms with Crippen LogP contribution < -0.4 is 5.32 Å². The summed E-state index contributed by atoms with van der Waals surface area (Å²) in [6, 6.07) is 4.30. The van der Waals surface area contributed by atoms with Crippen LogP contribution in [0.1, 0.15) is 29.9 Å². The van der Waals surface area contributed by atoms with Gasteiger partial charge in [0, 0.05) is 18.9 Å². The summed E-state index contributed by atoms with van der Waals surface area (Å²) in [6.45, 7) is 6.12. The lowest BCUT2D eigenvalue weighted by Gasteiger charge is -2.12. The van der Waals surface area contributed by atoms with Crippen LogP contribution in [-0.2, 0) is 7.05 Å². The van der Waals surface area contributed by atoms with Crippen molar-refractivity contribution >= 4 is 26.8 Å². The van der Waals surface area contributed by atoms with Crippen molar-refractivity contribution in [3.05, 3.63) is 35.3 Å². The number of rotatable bonds is 3. The van der Waals surface area contributed by atoms with Crippen LogP contribution in [0, 0.1) is 13.8 Å². The molecule has 5 nitrogen and oxygen atoms in total. The molecule has 3 heterocycles. The van der Waals surface area contributed by atoms with Crippen molar-refractivity contribution in [3.63, 3.8) is 0 Å². The second kappa shape index (κ2) is 4.86. The molecule has 0 amide bonds. The van der Waals surface area contributed by atoms with Crippen LogP contribution in [-0.4, -0.2) is 19.7 Å². The van der Waals surface area contributed by atoms with E-state index in [9.17, 15) is 0 Å². The van der Waals surface area contributed by atoms with E-state index in [2.05, 4.69) is 33.4 Å². The van der Waals surface area contributed by atoms with Gasteiger partial charge in [-0.3, -0.25) is 4.98 Å². The summed E-state index contributed by atoms with van der Waals surface area (Å²) in [6.07, 6.45) is 1.91. The SMILES string of the molecule is Cc1ccc([C@H](C)Nc2nc3c(s2)c(C)nn3C)cn1. The van der Waals surface area contributed by atoms with Gasteiger partial charge in [-0.1, -0.05) is 17.4 Å². The first kappa shape index (κ1) is 13.1. The zero-order valence-corrected chi connectivity index (χ0v) is 12.8. The molecule has 3 rings (SSSR count). The molecule has 0 saturated carbocycles. The van der Waals surface area contributed by atoms with Crippen LogP contribution in [0.2, 0.25) is 0 Å². The molecule has 0 aliphatic carbocycles. The van der Waals surface area contributed by atoms with E-state index in [1.165, 1.54) is 0 Å². The predicted octanol–water partition coefficient (Wildman–Crippen LogP) is 3.21. The molecule has 20 heavy (non-hydrogen) atoms. The molecule has 0 bridgehead atoms. The predicted molar refractivity (Wildman–Crippen MR) is 82.1 cm³/mol. The van der Waals surface area contributed by atoms with Gasteiger partial charge in [-0.25, -0.2) is 9.67 Å². The van der Waals surface area contributed by atoms with Gasteiger partial charge < -0.3 is 5.32 Å². The zero-order chi connectivity index (χ0) is 14.3. The lowest BCUT2D eigenvalue weighted by atomic mass is 10.1. The molecule has 0 spiro atoms. The fourth-order valence-electron chi connectivity index (χ4n) is 2.15. The number of nitrogens with zero attached hydrogens (tertiary/aromatic N) is 4. The Morgan fingerprint density at radius 2 is 2.10 bits per heavy atom. The Balaban J connectivity index is 1.85. The first-order chi connectivity index (χ1) is 9.54. The first-order valence-electron chi connectivity index (χ1n) is 6.54. The van der Waals surface area contributed by atoms with Crippen LogP contribution in [0.15, 0.2) is 18.3 Å². The number of thiazole rings is 1. The maximum absolute atomic E-state index is 4.60. The Hall–Kier alpha value is -1.95. The van der Waals surface area contributed by atoms with Crippen LogP contribution in [0.5, 0.6) is 0 Å². The fourth-order valence-corrected chi connectivity index (χ4v) is 3.17. The maximum atomic E-state index is 4.60. The minimum Gasteiger partial charge on any atom is -0.355 e. The topological polar surface area (TPSA) is 55.6 Å². The van der Waals surface area contributed by atoms with E-state index in [0.717, 1.165) is 32.4 Å². The summed E-state index contributed by atoms with van der Waals surface area (Å²) in [7, 11) is 1.92. The molecule has 0 fully saturated rings. The second-order valence-corrected chi connectivity index (χ2v) is 5.98. The lowest BCUT2D eigenvalue weighted by molar-refractivity contribution is 0.773. The summed E-state index contributed by atoms with van der Waals surface area (Å²) >= 11 is 1.64. The molecule has 1 atom stereocenters. The Bertz CT molecular complexity index is 706. The molecule has 104 valence electrons. The number of aromatic nitrogens is 4. The highest BCUT2D eigenvalue weighted by Crippen LogP contribution is 2.30. The normalized spacial score (nSPS) is 12.8. The molecule has 0 aliphatic rings. The van der Waals surface area contributed by atoms with Crippen LogP contribution in [0.4, 0.5) is 5.13 Å². The van der Waals surface area contributed by atoms with E-state index in [-0.39, 0.29) is 6.04 Å². The number of aryl methyl sites for hydroxylation is 3. The average molecular weight is 287 g/mol.